The van der Waals surface area contributed by atoms with Gasteiger partial charge in [0.1, 0.15) is 0 Å². The first kappa shape index (κ1) is 9.16. The minimum absolute atomic E-state index is 1.18. The second-order valence-corrected chi connectivity index (χ2v) is 5.71. The van der Waals surface area contributed by atoms with Gasteiger partial charge in [0.15, 0.2) is 0 Å². The summed E-state index contributed by atoms with van der Waals surface area (Å²) in [5.41, 5.74) is 13.0. The highest BCUT2D eigenvalue weighted by Crippen LogP contribution is 2.54. The zero-order chi connectivity index (χ0) is 11.7. The number of hydrogen-bond donors (Lipinski definition) is 0. The molecule has 0 amide bonds. The van der Waals surface area contributed by atoms with E-state index in [4.69, 9.17) is 0 Å². The largest absolute Gasteiger partial charge is 0.0798 e. The molecule has 0 spiro atoms. The zero-order valence-electron chi connectivity index (χ0n) is 10.3. The first-order valence-corrected chi connectivity index (χ1v) is 6.83. The van der Waals surface area contributed by atoms with Crippen molar-refractivity contribution in [3.8, 4) is 0 Å². The molecule has 86 valence electrons. The van der Waals surface area contributed by atoms with E-state index in [-0.39, 0.29) is 0 Å². The molecule has 4 aliphatic rings. The topological polar surface area (TPSA) is 0 Å². The van der Waals surface area contributed by atoms with E-state index in [0.29, 0.717) is 0 Å². The van der Waals surface area contributed by atoms with Crippen molar-refractivity contribution >= 4 is 5.57 Å². The van der Waals surface area contributed by atoms with Gasteiger partial charge < -0.3 is 0 Å². The van der Waals surface area contributed by atoms with Crippen molar-refractivity contribution < 1.29 is 0 Å². The fourth-order valence-corrected chi connectivity index (χ4v) is 4.11. The first-order chi connectivity index (χ1) is 8.92. The lowest BCUT2D eigenvalue weighted by atomic mass is 9.97. The Hall–Kier alpha value is -1.82. The van der Waals surface area contributed by atoms with Gasteiger partial charge in [0.2, 0.25) is 0 Å². The summed E-state index contributed by atoms with van der Waals surface area (Å²) < 4.78 is 0. The molecule has 18 heavy (non-hydrogen) atoms. The monoisotopic (exact) mass is 230 g/mol. The second kappa shape index (κ2) is 2.95. The molecule has 0 nitrogen and oxygen atoms in total. The van der Waals surface area contributed by atoms with E-state index in [9.17, 15) is 0 Å². The van der Waals surface area contributed by atoms with E-state index in [1.54, 1.807) is 33.4 Å². The van der Waals surface area contributed by atoms with Crippen LogP contribution in [0.2, 0.25) is 0 Å². The molecule has 0 bridgehead atoms. The molecular weight excluding hydrogens is 216 g/mol. The quantitative estimate of drug-likeness (QED) is 0.621. The fourth-order valence-electron chi connectivity index (χ4n) is 4.11. The van der Waals surface area contributed by atoms with Gasteiger partial charge in [-0.1, -0.05) is 36.4 Å². The molecule has 0 N–H and O–H groups in total. The first-order valence-electron chi connectivity index (χ1n) is 6.83. The number of benzene rings is 1. The molecule has 0 fully saturated rings. The highest BCUT2D eigenvalue weighted by molar-refractivity contribution is 5.88. The summed E-state index contributed by atoms with van der Waals surface area (Å²) in [6.07, 6.45) is 9.42. The van der Waals surface area contributed by atoms with E-state index < -0.39 is 0 Å². The summed E-state index contributed by atoms with van der Waals surface area (Å²) in [6, 6.07) is 8.96. The van der Waals surface area contributed by atoms with Crippen LogP contribution in [0.25, 0.3) is 5.57 Å². The molecule has 0 radical (unpaired) electrons. The van der Waals surface area contributed by atoms with Crippen molar-refractivity contribution in [1.82, 2.24) is 0 Å². The van der Waals surface area contributed by atoms with E-state index in [1.807, 2.05) is 0 Å². The van der Waals surface area contributed by atoms with E-state index >= 15 is 0 Å². The summed E-state index contributed by atoms with van der Waals surface area (Å²) in [5.74, 6) is 0. The Bertz CT molecular complexity index is 720. The van der Waals surface area contributed by atoms with Crippen molar-refractivity contribution in [2.24, 2.45) is 0 Å². The maximum absolute atomic E-state index is 2.34. The molecule has 1 aromatic carbocycles. The van der Waals surface area contributed by atoms with Crippen LogP contribution < -0.4 is 0 Å². The van der Waals surface area contributed by atoms with Crippen LogP contribution in [0.5, 0.6) is 0 Å². The third-order valence-corrected chi connectivity index (χ3v) is 4.92. The Balaban J connectivity index is 1.62. The van der Waals surface area contributed by atoms with Gasteiger partial charge in [0.25, 0.3) is 0 Å². The van der Waals surface area contributed by atoms with Crippen molar-refractivity contribution in [2.45, 2.75) is 25.7 Å². The van der Waals surface area contributed by atoms with Crippen LogP contribution in [-0.2, 0) is 6.42 Å². The van der Waals surface area contributed by atoms with Gasteiger partial charge in [-0.25, -0.2) is 0 Å². The Kier molecular flexibility index (Phi) is 1.50. The van der Waals surface area contributed by atoms with Crippen molar-refractivity contribution in [1.29, 1.82) is 0 Å². The number of rotatable bonds is 0. The van der Waals surface area contributed by atoms with Crippen molar-refractivity contribution in [2.75, 3.05) is 0 Å². The van der Waals surface area contributed by atoms with Gasteiger partial charge in [-0.2, -0.15) is 0 Å². The fraction of sp³-hybridized carbons (Fsp3) is 0.222. The number of fused-ring (bicyclic) bond motifs is 4. The van der Waals surface area contributed by atoms with Gasteiger partial charge in [-0.05, 0) is 70.2 Å². The van der Waals surface area contributed by atoms with Crippen molar-refractivity contribution in [3.63, 3.8) is 0 Å². The maximum Gasteiger partial charge on any atom is -0.00109 e. The Labute approximate surface area is 107 Å². The zero-order valence-corrected chi connectivity index (χ0v) is 10.3. The summed E-state index contributed by atoms with van der Waals surface area (Å²) in [6.45, 7) is 0. The van der Waals surface area contributed by atoms with E-state index in [1.165, 1.54) is 36.8 Å². The Morgan fingerprint density at radius 2 is 1.56 bits per heavy atom. The lowest BCUT2D eigenvalue weighted by Crippen LogP contribution is -1.91. The van der Waals surface area contributed by atoms with Gasteiger partial charge in [0.05, 0.1) is 0 Å². The van der Waals surface area contributed by atoms with Crippen LogP contribution in [0.4, 0.5) is 0 Å². The molecule has 0 aliphatic heterocycles. The Morgan fingerprint density at radius 1 is 0.722 bits per heavy atom. The summed E-state index contributed by atoms with van der Waals surface area (Å²) in [7, 11) is 0. The molecule has 5 rings (SSSR count). The molecule has 0 saturated carbocycles. The summed E-state index contributed by atoms with van der Waals surface area (Å²) in [4.78, 5) is 0. The molecular formula is C18H14. The molecule has 4 aliphatic carbocycles. The van der Waals surface area contributed by atoms with Crippen LogP contribution in [0, 0.1) is 0 Å². The Morgan fingerprint density at radius 3 is 2.56 bits per heavy atom. The summed E-state index contributed by atoms with van der Waals surface area (Å²) in [5, 5.41) is 0. The highest BCUT2D eigenvalue weighted by Gasteiger charge is 2.36. The lowest BCUT2D eigenvalue weighted by Gasteiger charge is -2.07. The van der Waals surface area contributed by atoms with Gasteiger partial charge >= 0.3 is 0 Å². The van der Waals surface area contributed by atoms with Crippen LogP contribution in [0.3, 0.4) is 0 Å². The predicted molar refractivity (Wildman–Crippen MR) is 74.1 cm³/mol. The standard InChI is InChI=1S/C18H14/c1-2-6-13-11(4-1)8-15-16-9-12-5-3-7-14(12)18(16)10-17(13)15/h1-6H,7-10H2. The molecule has 0 saturated heterocycles. The molecule has 0 heteroatoms. The van der Waals surface area contributed by atoms with E-state index in [2.05, 4.69) is 36.4 Å². The highest BCUT2D eigenvalue weighted by atomic mass is 14.4. The predicted octanol–water partition coefficient (Wildman–Crippen LogP) is 4.36. The van der Waals surface area contributed by atoms with Crippen molar-refractivity contribution in [3.05, 3.63) is 75.4 Å². The third kappa shape index (κ3) is 0.940. The minimum Gasteiger partial charge on any atom is -0.0798 e. The molecule has 0 atom stereocenters. The van der Waals surface area contributed by atoms with Gasteiger partial charge in [-0.15, -0.1) is 0 Å². The average Bonchev–Trinajstić information content (AvgIpc) is 3.06. The van der Waals surface area contributed by atoms with Crippen LogP contribution in [0.15, 0.2) is 64.3 Å². The second-order valence-electron chi connectivity index (χ2n) is 5.71. The minimum atomic E-state index is 1.18. The van der Waals surface area contributed by atoms with Gasteiger partial charge in [0, 0.05) is 0 Å². The lowest BCUT2D eigenvalue weighted by molar-refractivity contribution is 1.12. The smallest absolute Gasteiger partial charge is 0.00109 e. The number of allylic oxidation sites excluding steroid dienone is 8. The SMILES string of the molecule is C1=CC2=C(C1)C1=C(C2)C2=C(C1)c1ccccc1C2. The maximum atomic E-state index is 2.34. The number of hydrogen-bond acceptors (Lipinski definition) is 0. The molecule has 0 heterocycles. The summed E-state index contributed by atoms with van der Waals surface area (Å²) >= 11 is 0. The van der Waals surface area contributed by atoms with E-state index in [0.717, 1.165) is 0 Å². The van der Waals surface area contributed by atoms with Crippen LogP contribution >= 0.6 is 0 Å². The van der Waals surface area contributed by atoms with Gasteiger partial charge in [-0.3, -0.25) is 0 Å². The normalized spacial score (nSPS) is 22.9. The molecule has 0 aromatic heterocycles. The molecule has 1 aromatic rings. The third-order valence-electron chi connectivity index (χ3n) is 4.92. The van der Waals surface area contributed by atoms with Crippen LogP contribution in [0.1, 0.15) is 30.4 Å². The molecule has 0 unspecified atom stereocenters. The van der Waals surface area contributed by atoms with Crippen LogP contribution in [-0.4, -0.2) is 0 Å². The average molecular weight is 230 g/mol.